The van der Waals surface area contributed by atoms with Gasteiger partial charge in [-0.05, 0) is 54.1 Å². The molecule has 4 amide bonds. The minimum absolute atomic E-state index is 0.0715. The molecule has 15 heteroatoms. The van der Waals surface area contributed by atoms with Gasteiger partial charge < -0.3 is 45.2 Å². The first-order valence-corrected chi connectivity index (χ1v) is 19.9. The highest BCUT2D eigenvalue weighted by atomic mass is 16.5. The van der Waals surface area contributed by atoms with Crippen LogP contribution in [0.1, 0.15) is 53.4 Å². The first-order chi connectivity index (χ1) is 28.5. The van der Waals surface area contributed by atoms with Crippen LogP contribution < -0.4 is 16.8 Å². The van der Waals surface area contributed by atoms with Gasteiger partial charge in [0.1, 0.15) is 0 Å². The Bertz CT molecular complexity index is 1870. The van der Waals surface area contributed by atoms with Crippen molar-refractivity contribution < 1.29 is 47.6 Å². The number of imide groups is 2. The maximum Gasteiger partial charge on any atom is 0.261 e. The van der Waals surface area contributed by atoms with E-state index in [1.54, 1.807) is 24.3 Å². The molecule has 4 aromatic rings. The van der Waals surface area contributed by atoms with Crippen molar-refractivity contribution in [1.29, 1.82) is 0 Å². The highest BCUT2D eigenvalue weighted by Gasteiger charge is 2.34. The van der Waals surface area contributed by atoms with E-state index in [0.717, 1.165) is 34.9 Å². The third-order valence-corrected chi connectivity index (χ3v) is 9.93. The Morgan fingerprint density at radius 2 is 0.914 bits per heavy atom. The Morgan fingerprint density at radius 1 is 0.466 bits per heavy atom. The van der Waals surface area contributed by atoms with Gasteiger partial charge in [-0.15, -0.1) is 0 Å². The smallest absolute Gasteiger partial charge is 0.261 e. The van der Waals surface area contributed by atoms with Crippen molar-refractivity contribution in [2.45, 2.75) is 12.8 Å². The molecular weight excluding hydrogens is 746 g/mol. The summed E-state index contributed by atoms with van der Waals surface area (Å²) in [6, 6.07) is 18.3. The molecule has 0 fully saturated rings. The number of anilines is 1. The van der Waals surface area contributed by atoms with Crippen molar-refractivity contribution in [3.05, 3.63) is 88.5 Å². The molecule has 0 saturated heterocycles. The summed E-state index contributed by atoms with van der Waals surface area (Å²) in [4.78, 5) is 56.4. The fraction of sp³-hybridized carbons (Fsp3) is 0.442. The molecule has 0 spiro atoms. The van der Waals surface area contributed by atoms with Crippen LogP contribution in [0.4, 0.5) is 5.69 Å². The molecule has 4 aromatic carbocycles. The summed E-state index contributed by atoms with van der Waals surface area (Å²) in [5, 5.41) is 6.33. The van der Waals surface area contributed by atoms with Gasteiger partial charge in [-0.1, -0.05) is 30.3 Å². The molecule has 2 aliphatic heterocycles. The zero-order valence-electron chi connectivity index (χ0n) is 32.8. The minimum Gasteiger partial charge on any atom is -0.382 e. The quantitative estimate of drug-likeness (QED) is 0.0589. The molecule has 310 valence electrons. The van der Waals surface area contributed by atoms with Crippen molar-refractivity contribution in [3.63, 3.8) is 0 Å². The normalized spacial score (nSPS) is 13.8. The van der Waals surface area contributed by atoms with E-state index in [9.17, 15) is 19.2 Å². The molecular formula is C43H53N5O10. The van der Waals surface area contributed by atoms with Crippen molar-refractivity contribution in [1.82, 2.24) is 9.80 Å². The standard InChI is InChI=1S/C43H53N5O10/c44-13-19-54-25-24-53-18-3-4-30-9-10-35-38-31(30)5-1-7-33(38)40(49)47(42(35)51)16-22-57-28-29-58-23-17-48-41(50)34-8-2-6-32-37(12-11-36(39(32)34)43(48)52)46-15-21-56-27-26-55-20-14-45/h1-2,5-12,46H,3-4,13-29,44-45H2. The van der Waals surface area contributed by atoms with Crippen LogP contribution in [0.15, 0.2) is 60.7 Å². The number of carbonyl (C=O) groups is 4. The second-order valence-corrected chi connectivity index (χ2v) is 13.7. The van der Waals surface area contributed by atoms with Gasteiger partial charge in [-0.3, -0.25) is 29.0 Å². The maximum atomic E-state index is 13.5. The first-order valence-electron chi connectivity index (χ1n) is 19.9. The summed E-state index contributed by atoms with van der Waals surface area (Å²) in [6.45, 7) is 6.27. The molecule has 15 nitrogen and oxygen atoms in total. The molecule has 0 aliphatic carbocycles. The minimum atomic E-state index is -0.379. The average Bonchev–Trinajstić information content (AvgIpc) is 3.24. The third-order valence-electron chi connectivity index (χ3n) is 9.93. The summed E-state index contributed by atoms with van der Waals surface area (Å²) >= 11 is 0. The first kappa shape index (κ1) is 42.8. The van der Waals surface area contributed by atoms with Gasteiger partial charge >= 0.3 is 0 Å². The molecule has 0 aromatic heterocycles. The van der Waals surface area contributed by atoms with E-state index >= 15 is 0 Å². The van der Waals surface area contributed by atoms with Crippen LogP contribution in [0, 0.1) is 0 Å². The lowest BCUT2D eigenvalue weighted by atomic mass is 9.90. The highest BCUT2D eigenvalue weighted by Crippen LogP contribution is 2.35. The Kier molecular flexibility index (Phi) is 16.1. The van der Waals surface area contributed by atoms with Crippen LogP contribution in [0.2, 0.25) is 0 Å². The van der Waals surface area contributed by atoms with Gasteiger partial charge in [0.15, 0.2) is 0 Å². The zero-order chi connectivity index (χ0) is 40.7. The molecule has 6 rings (SSSR count). The van der Waals surface area contributed by atoms with E-state index in [1.807, 2.05) is 36.4 Å². The fourth-order valence-electron chi connectivity index (χ4n) is 7.20. The van der Waals surface area contributed by atoms with Gasteiger partial charge in [0.2, 0.25) is 0 Å². The van der Waals surface area contributed by atoms with Crippen molar-refractivity contribution in [3.8, 4) is 0 Å². The van der Waals surface area contributed by atoms with Gasteiger partial charge in [0.05, 0.1) is 85.8 Å². The van der Waals surface area contributed by atoms with Gasteiger partial charge in [0, 0.05) is 70.3 Å². The van der Waals surface area contributed by atoms with Crippen LogP contribution in [0.25, 0.3) is 21.5 Å². The Morgan fingerprint density at radius 3 is 1.47 bits per heavy atom. The molecule has 5 N–H and O–H groups in total. The summed E-state index contributed by atoms with van der Waals surface area (Å²) < 4.78 is 33.4. The van der Waals surface area contributed by atoms with E-state index in [1.165, 1.54) is 9.80 Å². The van der Waals surface area contributed by atoms with Crippen molar-refractivity contribution >= 4 is 50.9 Å². The number of nitrogens with one attached hydrogen (secondary N) is 1. The van der Waals surface area contributed by atoms with E-state index in [0.29, 0.717) is 106 Å². The Balaban J connectivity index is 0.920. The monoisotopic (exact) mass is 799 g/mol. The molecule has 0 saturated carbocycles. The Labute approximate surface area is 337 Å². The molecule has 2 heterocycles. The number of amides is 4. The van der Waals surface area contributed by atoms with Crippen molar-refractivity contribution in [2.24, 2.45) is 11.5 Å². The third kappa shape index (κ3) is 10.2. The number of hydrogen-bond acceptors (Lipinski definition) is 13. The van der Waals surface area contributed by atoms with Crippen LogP contribution in [-0.4, -0.2) is 145 Å². The molecule has 0 bridgehead atoms. The molecule has 0 radical (unpaired) electrons. The SMILES string of the molecule is NCCOCCOCCCc1ccc2c3c(cccc13)C(=O)N(CCOCCOCCN1C(=O)c3cccc4c(NCCOCCOCCN)ccc(c34)C1=O)C2=O. The number of nitrogens with zero attached hydrogens (tertiary/aromatic N) is 2. The number of carbonyl (C=O) groups excluding carboxylic acids is 4. The number of nitrogens with two attached hydrogens (primary N) is 2. The predicted octanol–water partition coefficient (Wildman–Crippen LogP) is 3.25. The second kappa shape index (κ2) is 21.8. The van der Waals surface area contributed by atoms with Crippen LogP contribution >= 0.6 is 0 Å². The summed E-state index contributed by atoms with van der Waals surface area (Å²) in [5.41, 5.74) is 14.6. The van der Waals surface area contributed by atoms with Crippen LogP contribution in [-0.2, 0) is 34.8 Å². The average molecular weight is 800 g/mol. The molecule has 2 aliphatic rings. The summed E-state index contributed by atoms with van der Waals surface area (Å²) in [7, 11) is 0. The van der Waals surface area contributed by atoms with Gasteiger partial charge in [0.25, 0.3) is 23.6 Å². The van der Waals surface area contributed by atoms with E-state index in [4.69, 9.17) is 39.9 Å². The number of hydrogen-bond donors (Lipinski definition) is 3. The van der Waals surface area contributed by atoms with Gasteiger partial charge in [-0.2, -0.15) is 0 Å². The lowest BCUT2D eigenvalue weighted by Crippen LogP contribution is -2.42. The number of aryl methyl sites for hydroxylation is 1. The molecule has 0 atom stereocenters. The number of rotatable bonds is 27. The summed E-state index contributed by atoms with van der Waals surface area (Å²) in [5.74, 6) is -1.47. The molecule has 58 heavy (non-hydrogen) atoms. The van der Waals surface area contributed by atoms with E-state index < -0.39 is 0 Å². The van der Waals surface area contributed by atoms with Gasteiger partial charge in [-0.25, -0.2) is 0 Å². The number of benzene rings is 4. The van der Waals surface area contributed by atoms with Crippen LogP contribution in [0.3, 0.4) is 0 Å². The summed E-state index contributed by atoms with van der Waals surface area (Å²) in [6.07, 6.45) is 1.53. The largest absolute Gasteiger partial charge is 0.382 e. The fourth-order valence-corrected chi connectivity index (χ4v) is 7.20. The lowest BCUT2D eigenvalue weighted by molar-refractivity contribution is 0.0264. The number of ether oxygens (including phenoxy) is 6. The molecule has 0 unspecified atom stereocenters. The highest BCUT2D eigenvalue weighted by molar-refractivity contribution is 6.27. The zero-order valence-corrected chi connectivity index (χ0v) is 32.8. The lowest BCUT2D eigenvalue weighted by Gasteiger charge is -2.28. The predicted molar refractivity (Wildman–Crippen MR) is 218 cm³/mol. The topological polar surface area (TPSA) is 194 Å². The Hall–Kier alpha value is -4.84. The van der Waals surface area contributed by atoms with Crippen molar-refractivity contribution in [2.75, 3.05) is 117 Å². The van der Waals surface area contributed by atoms with E-state index in [-0.39, 0.29) is 63.1 Å². The van der Waals surface area contributed by atoms with Crippen LogP contribution in [0.5, 0.6) is 0 Å². The maximum absolute atomic E-state index is 13.5. The second-order valence-electron chi connectivity index (χ2n) is 13.7. The van der Waals surface area contributed by atoms with E-state index in [2.05, 4.69) is 5.32 Å².